The summed E-state index contributed by atoms with van der Waals surface area (Å²) in [7, 11) is 3.33. The van der Waals surface area contributed by atoms with Gasteiger partial charge in [-0.3, -0.25) is 0 Å². The number of hydrogen-bond acceptors (Lipinski definition) is 9. The van der Waals surface area contributed by atoms with Crippen LogP contribution < -0.4 is 9.47 Å². The molecule has 0 bridgehead atoms. The maximum Gasteiger partial charge on any atom is 0.335 e. The summed E-state index contributed by atoms with van der Waals surface area (Å²) >= 11 is 0. The van der Waals surface area contributed by atoms with E-state index in [9.17, 15) is 15.0 Å². The van der Waals surface area contributed by atoms with Crippen molar-refractivity contribution >= 4 is 5.97 Å². The minimum absolute atomic E-state index is 0. The van der Waals surface area contributed by atoms with E-state index in [1.165, 1.54) is 0 Å². The lowest BCUT2D eigenvalue weighted by molar-refractivity contribution is -0.208. The fourth-order valence-electron chi connectivity index (χ4n) is 5.73. The van der Waals surface area contributed by atoms with Gasteiger partial charge >= 0.3 is 5.97 Å². The number of benzene rings is 3. The van der Waals surface area contributed by atoms with Crippen LogP contribution in [0.3, 0.4) is 0 Å². The van der Waals surface area contributed by atoms with Crippen molar-refractivity contribution in [3.63, 3.8) is 0 Å². The van der Waals surface area contributed by atoms with Crippen LogP contribution in [0, 0.1) is 0 Å². The van der Waals surface area contributed by atoms with Gasteiger partial charge in [-0.25, -0.2) is 4.79 Å². The van der Waals surface area contributed by atoms with Crippen LogP contribution >= 0.6 is 0 Å². The average molecular weight is 841 g/mol. The number of allylic oxidation sites excluding steroid dienone is 2. The first-order valence-electron chi connectivity index (χ1n) is 21.0. The molecule has 2 atom stereocenters. The summed E-state index contributed by atoms with van der Waals surface area (Å²) in [5, 5.41) is 27.9. The van der Waals surface area contributed by atoms with E-state index in [0.717, 1.165) is 86.8 Å². The highest BCUT2D eigenvalue weighted by atomic mass is 16.6. The second-order valence-electron chi connectivity index (χ2n) is 15.1. The molecule has 3 rings (SSSR count). The smallest absolute Gasteiger partial charge is 0.335 e. The van der Waals surface area contributed by atoms with Crippen molar-refractivity contribution in [2.75, 3.05) is 27.4 Å². The number of aliphatic hydroxyl groups is 2. The Morgan fingerprint density at radius 1 is 0.583 bits per heavy atom. The van der Waals surface area contributed by atoms with E-state index in [-0.39, 0.29) is 17.7 Å². The second kappa shape index (κ2) is 33.6. The average Bonchev–Trinajstić information content (AvgIpc) is 3.20. The zero-order chi connectivity index (χ0) is 43.8. The Morgan fingerprint density at radius 3 is 1.25 bits per heavy atom. The van der Waals surface area contributed by atoms with Gasteiger partial charge in [0.2, 0.25) is 0 Å². The Kier molecular flexibility index (Phi) is 31.3. The number of methoxy groups -OCH3 is 2. The molecule has 0 spiro atoms. The lowest BCUT2D eigenvalue weighted by atomic mass is 10.1. The maximum absolute atomic E-state index is 10.2. The summed E-state index contributed by atoms with van der Waals surface area (Å²) in [5.41, 5.74) is 2.63. The fourth-order valence-corrected chi connectivity index (χ4v) is 5.73. The highest BCUT2D eigenvalue weighted by molar-refractivity contribution is 5.87. The van der Waals surface area contributed by atoms with Crippen molar-refractivity contribution in [3.05, 3.63) is 120 Å². The normalized spacial score (nSPS) is 12.4. The quantitative estimate of drug-likeness (QED) is 0.0382. The van der Waals surface area contributed by atoms with Crippen LogP contribution in [0.4, 0.5) is 0 Å². The van der Waals surface area contributed by atoms with Gasteiger partial charge in [-0.05, 0) is 127 Å². The third-order valence-corrected chi connectivity index (χ3v) is 8.51. The molecule has 0 heterocycles. The molecule has 3 aromatic carbocycles. The Hall–Kier alpha value is -4.07. The van der Waals surface area contributed by atoms with E-state index in [1.54, 1.807) is 72.2 Å². The standard InChI is InChI=1S/2C21H34O4.C7H6O2.H2O/c2*1-5-10-20(25-21(2,3)22)11-8-6-7-9-16-24-17-18-12-14-19(23-4)15-13-18;8-7(9)6-4-2-1-3-5-6;/h2*6-7,12-15,20,22H,5,8-11,16-17H2,1-4H3;1-5H,(H,8,9);1H2/b2*7-6-;;/t2*20-;;/m00../s1. The molecule has 11 heteroatoms. The molecular weight excluding hydrogens is 765 g/mol. The summed E-state index contributed by atoms with van der Waals surface area (Å²) in [6, 6.07) is 24.2. The zero-order valence-corrected chi connectivity index (χ0v) is 37.6. The predicted molar refractivity (Wildman–Crippen MR) is 240 cm³/mol. The van der Waals surface area contributed by atoms with Gasteiger partial charge in [-0.15, -0.1) is 0 Å². The molecule has 0 unspecified atom stereocenters. The Labute approximate surface area is 360 Å². The molecule has 0 aromatic heterocycles. The second-order valence-corrected chi connectivity index (χ2v) is 15.1. The van der Waals surface area contributed by atoms with Crippen molar-refractivity contribution in [1.29, 1.82) is 0 Å². The van der Waals surface area contributed by atoms with Gasteiger partial charge in [-0.2, -0.15) is 0 Å². The minimum Gasteiger partial charge on any atom is -0.497 e. The lowest BCUT2D eigenvalue weighted by Gasteiger charge is -2.26. The molecule has 0 aliphatic carbocycles. The van der Waals surface area contributed by atoms with Gasteiger partial charge < -0.3 is 49.2 Å². The molecule has 0 saturated carbocycles. The summed E-state index contributed by atoms with van der Waals surface area (Å²) in [6.45, 7) is 13.7. The molecule has 0 aliphatic heterocycles. The Morgan fingerprint density at radius 2 is 0.950 bits per heavy atom. The van der Waals surface area contributed by atoms with Gasteiger partial charge in [0.25, 0.3) is 0 Å². The number of rotatable bonds is 27. The highest BCUT2D eigenvalue weighted by Crippen LogP contribution is 2.19. The predicted octanol–water partition coefficient (Wildman–Crippen LogP) is 10.3. The van der Waals surface area contributed by atoms with Crippen molar-refractivity contribution in [1.82, 2.24) is 0 Å². The van der Waals surface area contributed by atoms with Gasteiger partial charge in [0.05, 0.1) is 58.4 Å². The molecule has 11 nitrogen and oxygen atoms in total. The molecule has 3 aromatic rings. The molecule has 0 fully saturated rings. The third kappa shape index (κ3) is 30.9. The van der Waals surface area contributed by atoms with E-state index >= 15 is 0 Å². The first-order chi connectivity index (χ1) is 28.2. The first kappa shape index (κ1) is 55.9. The van der Waals surface area contributed by atoms with Crippen LogP contribution in [0.1, 0.15) is 127 Å². The van der Waals surface area contributed by atoms with Crippen molar-refractivity contribution in [2.24, 2.45) is 0 Å². The Balaban J connectivity index is 0.000000947. The lowest BCUT2D eigenvalue weighted by Crippen LogP contribution is -2.30. The van der Waals surface area contributed by atoms with E-state index in [1.807, 2.05) is 48.5 Å². The van der Waals surface area contributed by atoms with Crippen LogP contribution in [0.2, 0.25) is 0 Å². The summed E-state index contributed by atoms with van der Waals surface area (Å²) in [6.07, 6.45) is 18.5. The van der Waals surface area contributed by atoms with Crippen LogP contribution in [0.15, 0.2) is 103 Å². The van der Waals surface area contributed by atoms with E-state index < -0.39 is 17.5 Å². The molecule has 0 aliphatic rings. The molecule has 0 amide bonds. The number of carboxylic acid groups (broad SMARTS) is 1. The maximum atomic E-state index is 10.2. The van der Waals surface area contributed by atoms with Crippen LogP contribution in [-0.2, 0) is 32.2 Å². The molecule has 0 saturated heterocycles. The van der Waals surface area contributed by atoms with Crippen molar-refractivity contribution < 1.29 is 54.0 Å². The third-order valence-electron chi connectivity index (χ3n) is 8.51. The van der Waals surface area contributed by atoms with Crippen LogP contribution in [-0.4, -0.2) is 78.0 Å². The monoisotopic (exact) mass is 841 g/mol. The van der Waals surface area contributed by atoms with E-state index in [2.05, 4.69) is 38.2 Å². The van der Waals surface area contributed by atoms with Gasteiger partial charge in [-0.1, -0.05) is 93.5 Å². The van der Waals surface area contributed by atoms with Crippen molar-refractivity contribution in [3.8, 4) is 11.5 Å². The first-order valence-corrected chi connectivity index (χ1v) is 21.0. The molecular formula is C49H76O11. The number of carbonyl (C=O) groups is 1. The SMILES string of the molecule is CCC[C@@H](CC/C=C\CCOCc1ccc(OC)cc1)OC(C)(C)O.CCC[C@@H](CC/C=C\CCOCc1ccc(OC)cc1)OC(C)(C)O.O.O=C(O)c1ccccc1. The Bertz CT molecular complexity index is 1420. The summed E-state index contributed by atoms with van der Waals surface area (Å²) in [4.78, 5) is 10.2. The number of ether oxygens (including phenoxy) is 6. The zero-order valence-electron chi connectivity index (χ0n) is 37.6. The molecule has 5 N–H and O–H groups in total. The topological polar surface area (TPSA) is 165 Å². The molecule has 0 radical (unpaired) electrons. The van der Waals surface area contributed by atoms with E-state index in [4.69, 9.17) is 33.5 Å². The van der Waals surface area contributed by atoms with E-state index in [0.29, 0.717) is 32.0 Å². The van der Waals surface area contributed by atoms with Crippen LogP contribution in [0.25, 0.3) is 0 Å². The van der Waals surface area contributed by atoms with Crippen LogP contribution in [0.5, 0.6) is 11.5 Å². The minimum atomic E-state index is -1.06. The van der Waals surface area contributed by atoms with Gasteiger partial charge in [0.15, 0.2) is 11.6 Å². The number of hydrogen-bond donors (Lipinski definition) is 3. The largest absolute Gasteiger partial charge is 0.497 e. The summed E-state index contributed by atoms with van der Waals surface area (Å²) in [5.74, 6) is -1.27. The summed E-state index contributed by atoms with van der Waals surface area (Å²) < 4.78 is 33.0. The van der Waals surface area contributed by atoms with Crippen molar-refractivity contribution in [2.45, 2.75) is 143 Å². The highest BCUT2D eigenvalue weighted by Gasteiger charge is 2.20. The molecule has 338 valence electrons. The number of aromatic carboxylic acids is 1. The van der Waals surface area contributed by atoms with Gasteiger partial charge in [0.1, 0.15) is 11.5 Å². The molecule has 60 heavy (non-hydrogen) atoms. The number of carboxylic acids is 1. The van der Waals surface area contributed by atoms with Gasteiger partial charge in [0, 0.05) is 0 Å². The fraction of sp³-hybridized carbons (Fsp3) is 0.531.